The Morgan fingerprint density at radius 3 is 2.48 bits per heavy atom. The Hall–Kier alpha value is -2.48. The zero-order valence-corrected chi connectivity index (χ0v) is 13.7. The Morgan fingerprint density at radius 2 is 1.61 bits per heavy atom. The predicted molar refractivity (Wildman–Crippen MR) is 101 cm³/mol. The summed E-state index contributed by atoms with van der Waals surface area (Å²) in [5.74, 6) is 0. The van der Waals surface area contributed by atoms with Gasteiger partial charge < -0.3 is 4.57 Å². The molecular weight excluding hydrogens is 277 g/mol. The maximum Gasteiger partial charge on any atom is 0.139 e. The highest BCUT2D eigenvalue weighted by atomic mass is 15.0. The van der Waals surface area contributed by atoms with Crippen LogP contribution in [0.15, 0.2) is 60.7 Å². The normalized spacial score (nSPS) is 15.0. The highest BCUT2D eigenvalue weighted by Crippen LogP contribution is 2.46. The van der Waals surface area contributed by atoms with E-state index in [2.05, 4.69) is 86.9 Å². The van der Waals surface area contributed by atoms with Crippen LogP contribution >= 0.6 is 0 Å². The van der Waals surface area contributed by atoms with Crippen LogP contribution in [0.1, 0.15) is 25.0 Å². The van der Waals surface area contributed by atoms with Crippen molar-refractivity contribution in [3.05, 3.63) is 71.8 Å². The van der Waals surface area contributed by atoms with Gasteiger partial charge in [-0.1, -0.05) is 67.8 Å². The summed E-state index contributed by atoms with van der Waals surface area (Å²) in [4.78, 5) is 0. The molecule has 0 aliphatic carbocycles. The van der Waals surface area contributed by atoms with Gasteiger partial charge >= 0.3 is 0 Å². The van der Waals surface area contributed by atoms with E-state index in [-0.39, 0.29) is 5.41 Å². The molecule has 1 aliphatic heterocycles. The van der Waals surface area contributed by atoms with Crippen molar-refractivity contribution >= 4 is 35.1 Å². The van der Waals surface area contributed by atoms with Crippen LogP contribution in [0.5, 0.6) is 0 Å². The molecule has 3 aromatic carbocycles. The van der Waals surface area contributed by atoms with Crippen molar-refractivity contribution in [2.45, 2.75) is 19.3 Å². The molecule has 1 nitrogen and oxygen atoms in total. The van der Waals surface area contributed by atoms with Crippen molar-refractivity contribution in [1.29, 1.82) is 0 Å². The fourth-order valence-corrected chi connectivity index (χ4v) is 4.28. The average Bonchev–Trinajstić information content (AvgIpc) is 2.88. The molecule has 0 saturated heterocycles. The number of rotatable bonds is 0. The van der Waals surface area contributed by atoms with E-state index >= 15 is 0 Å². The summed E-state index contributed by atoms with van der Waals surface area (Å²) in [5, 5.41) is 2.72. The van der Waals surface area contributed by atoms with Crippen LogP contribution in [-0.4, -0.2) is 12.4 Å². The third-order valence-corrected chi connectivity index (χ3v) is 5.43. The van der Waals surface area contributed by atoms with Crippen molar-refractivity contribution in [1.82, 2.24) is 4.57 Å². The van der Waals surface area contributed by atoms with E-state index in [4.69, 9.17) is 0 Å². The molecule has 23 heavy (non-hydrogen) atoms. The molecule has 0 atom stereocenters. The second-order valence-corrected chi connectivity index (χ2v) is 7.20. The van der Waals surface area contributed by atoms with Gasteiger partial charge in [0.25, 0.3) is 0 Å². The van der Waals surface area contributed by atoms with Gasteiger partial charge in [-0.3, -0.25) is 0 Å². The molecule has 1 aromatic heterocycles. The summed E-state index contributed by atoms with van der Waals surface area (Å²) >= 11 is 0. The van der Waals surface area contributed by atoms with E-state index in [1.54, 1.807) is 0 Å². The summed E-state index contributed by atoms with van der Waals surface area (Å²) in [5.41, 5.74) is 8.16. The SMILES string of the molecule is Bc1ccc2c(c1)c1cccc3c1n2-c1ccccc1C3(C)C. The molecule has 0 unspecified atom stereocenters. The summed E-state index contributed by atoms with van der Waals surface area (Å²) in [6, 6.07) is 22.4. The largest absolute Gasteiger partial charge is 0.309 e. The number of hydrogen-bond acceptors (Lipinski definition) is 0. The summed E-state index contributed by atoms with van der Waals surface area (Å²) < 4.78 is 2.46. The first-order valence-corrected chi connectivity index (χ1v) is 8.23. The highest BCUT2D eigenvalue weighted by Gasteiger charge is 2.34. The summed E-state index contributed by atoms with van der Waals surface area (Å²) in [6.45, 7) is 4.68. The Labute approximate surface area is 137 Å². The first-order chi connectivity index (χ1) is 11.1. The third kappa shape index (κ3) is 1.49. The topological polar surface area (TPSA) is 4.93 Å². The minimum absolute atomic E-state index is 0.0233. The molecule has 0 spiro atoms. The lowest BCUT2D eigenvalue weighted by Gasteiger charge is -2.34. The van der Waals surface area contributed by atoms with Crippen LogP contribution in [0.4, 0.5) is 0 Å². The van der Waals surface area contributed by atoms with E-state index in [9.17, 15) is 0 Å². The summed E-state index contributed by atoms with van der Waals surface area (Å²) in [7, 11) is 2.17. The molecule has 0 amide bonds. The smallest absolute Gasteiger partial charge is 0.139 e. The van der Waals surface area contributed by atoms with Gasteiger partial charge in [0.05, 0.1) is 16.7 Å². The van der Waals surface area contributed by atoms with Gasteiger partial charge in [0.1, 0.15) is 7.85 Å². The van der Waals surface area contributed by atoms with Crippen LogP contribution in [0.3, 0.4) is 0 Å². The zero-order valence-electron chi connectivity index (χ0n) is 13.7. The molecule has 2 heteroatoms. The fraction of sp³-hybridized carbons (Fsp3) is 0.143. The fourth-order valence-electron chi connectivity index (χ4n) is 4.28. The number of nitrogens with zero attached hydrogens (tertiary/aromatic N) is 1. The summed E-state index contributed by atoms with van der Waals surface area (Å²) in [6.07, 6.45) is 0. The van der Waals surface area contributed by atoms with E-state index < -0.39 is 0 Å². The number of fused-ring (bicyclic) bond motifs is 5. The lowest BCUT2D eigenvalue weighted by Crippen LogP contribution is -2.26. The van der Waals surface area contributed by atoms with Crippen molar-refractivity contribution < 1.29 is 0 Å². The number of para-hydroxylation sites is 2. The Morgan fingerprint density at radius 1 is 0.826 bits per heavy atom. The molecule has 5 rings (SSSR count). The molecule has 0 bridgehead atoms. The number of aromatic nitrogens is 1. The Kier molecular flexibility index (Phi) is 2.31. The van der Waals surface area contributed by atoms with E-state index in [0.717, 1.165) is 0 Å². The number of benzene rings is 3. The molecule has 0 N–H and O–H groups in total. The monoisotopic (exact) mass is 295 g/mol. The zero-order chi connectivity index (χ0) is 15.8. The van der Waals surface area contributed by atoms with E-state index in [1.165, 1.54) is 44.1 Å². The number of hydrogen-bond donors (Lipinski definition) is 0. The minimum Gasteiger partial charge on any atom is -0.309 e. The van der Waals surface area contributed by atoms with Crippen LogP contribution in [0, 0.1) is 0 Å². The molecule has 1 aliphatic rings. The van der Waals surface area contributed by atoms with Gasteiger partial charge in [-0.15, -0.1) is 0 Å². The molecule has 2 heterocycles. The molecule has 4 aromatic rings. The maximum absolute atomic E-state index is 2.46. The van der Waals surface area contributed by atoms with Crippen molar-refractivity contribution in [3.8, 4) is 5.69 Å². The lowest BCUT2D eigenvalue weighted by atomic mass is 9.75. The molecule has 110 valence electrons. The molecule has 0 fully saturated rings. The minimum atomic E-state index is 0.0233. The van der Waals surface area contributed by atoms with Crippen LogP contribution < -0.4 is 5.46 Å². The molecule has 0 radical (unpaired) electrons. The second kappa shape index (κ2) is 4.08. The van der Waals surface area contributed by atoms with Gasteiger partial charge in [-0.25, -0.2) is 0 Å². The van der Waals surface area contributed by atoms with E-state index in [1.807, 2.05) is 0 Å². The predicted octanol–water partition coefficient (Wildman–Crippen LogP) is 3.68. The second-order valence-electron chi connectivity index (χ2n) is 7.20. The van der Waals surface area contributed by atoms with Gasteiger partial charge in [-0.2, -0.15) is 0 Å². The first kappa shape index (κ1) is 13.0. The van der Waals surface area contributed by atoms with Crippen LogP contribution in [0.25, 0.3) is 27.5 Å². The lowest BCUT2D eigenvalue weighted by molar-refractivity contribution is 0.630. The third-order valence-electron chi connectivity index (χ3n) is 5.43. The van der Waals surface area contributed by atoms with Crippen LogP contribution in [0.2, 0.25) is 0 Å². The van der Waals surface area contributed by atoms with Gasteiger partial charge in [0.15, 0.2) is 0 Å². The van der Waals surface area contributed by atoms with Gasteiger partial charge in [0, 0.05) is 16.2 Å². The van der Waals surface area contributed by atoms with E-state index in [0.29, 0.717) is 0 Å². The Balaban J connectivity index is 2.13. The standard InChI is InChI=1S/C21H18BN/c1-21(2)16-7-3-4-9-19(16)23-18-11-10-13(22)12-15(18)14-6-5-8-17(21)20(14)23/h3-12H,22H2,1-2H3. The van der Waals surface area contributed by atoms with Crippen molar-refractivity contribution in [2.24, 2.45) is 0 Å². The Bertz CT molecular complexity index is 1100. The molecular formula is C21H18BN. The van der Waals surface area contributed by atoms with Crippen molar-refractivity contribution in [2.75, 3.05) is 0 Å². The van der Waals surface area contributed by atoms with Gasteiger partial charge in [-0.05, 0) is 23.3 Å². The first-order valence-electron chi connectivity index (χ1n) is 8.23. The van der Waals surface area contributed by atoms with Crippen molar-refractivity contribution in [3.63, 3.8) is 0 Å². The highest BCUT2D eigenvalue weighted by molar-refractivity contribution is 6.34. The maximum atomic E-state index is 2.46. The van der Waals surface area contributed by atoms with Crippen LogP contribution in [-0.2, 0) is 5.41 Å². The van der Waals surface area contributed by atoms with Gasteiger partial charge in [0.2, 0.25) is 0 Å². The quantitative estimate of drug-likeness (QED) is 0.436. The molecule has 0 saturated carbocycles. The average molecular weight is 295 g/mol.